The van der Waals surface area contributed by atoms with Crippen LogP contribution in [0.4, 0.5) is 4.39 Å². The Labute approximate surface area is 158 Å². The van der Waals surface area contributed by atoms with Gasteiger partial charge < -0.3 is 10.1 Å². The van der Waals surface area contributed by atoms with Gasteiger partial charge in [-0.15, -0.1) is 0 Å². The summed E-state index contributed by atoms with van der Waals surface area (Å²) >= 11 is 0. The molecule has 2 heterocycles. The first-order chi connectivity index (χ1) is 13.3. The monoisotopic (exact) mass is 366 g/mol. The minimum atomic E-state index is -0.242. The van der Waals surface area contributed by atoms with Crippen molar-refractivity contribution < 1.29 is 9.13 Å². The van der Waals surface area contributed by atoms with Gasteiger partial charge >= 0.3 is 0 Å². The average Bonchev–Trinajstić information content (AvgIpc) is 3.35. The van der Waals surface area contributed by atoms with Crippen molar-refractivity contribution in [3.05, 3.63) is 71.7 Å². The summed E-state index contributed by atoms with van der Waals surface area (Å²) in [5.74, 6) is -0.242. The van der Waals surface area contributed by atoms with Crippen LogP contribution in [0.25, 0.3) is 11.3 Å². The van der Waals surface area contributed by atoms with Crippen LogP contribution in [0, 0.1) is 5.82 Å². The van der Waals surface area contributed by atoms with Crippen molar-refractivity contribution in [2.45, 2.75) is 32.0 Å². The van der Waals surface area contributed by atoms with E-state index < -0.39 is 0 Å². The van der Waals surface area contributed by atoms with Crippen molar-refractivity contribution in [1.29, 1.82) is 0 Å². The van der Waals surface area contributed by atoms with Gasteiger partial charge in [0.2, 0.25) is 0 Å². The summed E-state index contributed by atoms with van der Waals surface area (Å²) in [6.45, 7) is 2.55. The molecule has 3 aromatic rings. The molecule has 0 radical (unpaired) electrons. The van der Waals surface area contributed by atoms with Crippen molar-refractivity contribution in [3.8, 4) is 11.3 Å². The number of hydrogen-bond donors (Lipinski definition) is 1. The lowest BCUT2D eigenvalue weighted by Crippen LogP contribution is -2.26. The first-order valence-corrected chi connectivity index (χ1v) is 9.35. The molecular formula is C21H23FN4O. The van der Waals surface area contributed by atoms with Crippen LogP contribution in [0.15, 0.2) is 54.6 Å². The van der Waals surface area contributed by atoms with Crippen molar-refractivity contribution in [1.82, 2.24) is 20.3 Å². The lowest BCUT2D eigenvalue weighted by Gasteiger charge is -2.10. The van der Waals surface area contributed by atoms with Crippen molar-refractivity contribution in [2.24, 2.45) is 0 Å². The summed E-state index contributed by atoms with van der Waals surface area (Å²) in [4.78, 5) is 1.57. The van der Waals surface area contributed by atoms with Gasteiger partial charge in [-0.1, -0.05) is 48.5 Å². The second-order valence-corrected chi connectivity index (χ2v) is 6.75. The van der Waals surface area contributed by atoms with Crippen LogP contribution in [0.3, 0.4) is 0 Å². The van der Waals surface area contributed by atoms with Gasteiger partial charge in [0.05, 0.1) is 12.6 Å². The zero-order valence-corrected chi connectivity index (χ0v) is 15.1. The molecule has 1 aliphatic heterocycles. The summed E-state index contributed by atoms with van der Waals surface area (Å²) in [6.07, 6.45) is 2.50. The number of halogens is 1. The molecule has 1 N–H and O–H groups in total. The third-order valence-corrected chi connectivity index (χ3v) is 4.73. The third-order valence-electron chi connectivity index (χ3n) is 4.73. The van der Waals surface area contributed by atoms with E-state index in [0.717, 1.165) is 42.9 Å². The highest BCUT2D eigenvalue weighted by Crippen LogP contribution is 2.21. The predicted molar refractivity (Wildman–Crippen MR) is 102 cm³/mol. The smallest absolute Gasteiger partial charge is 0.128 e. The number of ether oxygens (including phenoxy) is 1. The van der Waals surface area contributed by atoms with Crippen molar-refractivity contribution in [3.63, 3.8) is 0 Å². The van der Waals surface area contributed by atoms with Crippen LogP contribution < -0.4 is 5.32 Å². The van der Waals surface area contributed by atoms with Crippen LogP contribution in [0.1, 0.15) is 24.1 Å². The van der Waals surface area contributed by atoms with E-state index in [1.54, 1.807) is 16.9 Å². The first kappa shape index (κ1) is 17.8. The summed E-state index contributed by atoms with van der Waals surface area (Å²) in [6, 6.07) is 16.7. The molecule has 0 aliphatic carbocycles. The number of nitrogens with zero attached hydrogens (tertiary/aromatic N) is 3. The van der Waals surface area contributed by atoms with Crippen LogP contribution in [-0.4, -0.2) is 34.2 Å². The maximum absolute atomic E-state index is 14.0. The number of nitrogens with one attached hydrogen (secondary N) is 1. The third kappa shape index (κ3) is 4.40. The number of rotatable bonds is 7. The van der Waals surface area contributed by atoms with E-state index in [-0.39, 0.29) is 11.9 Å². The molecule has 0 amide bonds. The van der Waals surface area contributed by atoms with E-state index in [9.17, 15) is 4.39 Å². The second-order valence-electron chi connectivity index (χ2n) is 6.75. The van der Waals surface area contributed by atoms with Gasteiger partial charge in [0, 0.05) is 30.8 Å². The first-order valence-electron chi connectivity index (χ1n) is 9.35. The number of benzene rings is 2. The summed E-state index contributed by atoms with van der Waals surface area (Å²) < 4.78 is 19.6. The topological polar surface area (TPSA) is 52.0 Å². The fourth-order valence-corrected chi connectivity index (χ4v) is 3.33. The van der Waals surface area contributed by atoms with E-state index in [0.29, 0.717) is 18.7 Å². The predicted octanol–water partition coefficient (Wildman–Crippen LogP) is 3.40. The highest BCUT2D eigenvalue weighted by molar-refractivity contribution is 5.60. The number of hydrogen-bond acceptors (Lipinski definition) is 4. The van der Waals surface area contributed by atoms with Crippen molar-refractivity contribution >= 4 is 0 Å². The normalized spacial score (nSPS) is 16.7. The Morgan fingerprint density at radius 2 is 1.89 bits per heavy atom. The molecule has 5 nitrogen and oxygen atoms in total. The molecule has 1 saturated heterocycles. The lowest BCUT2D eigenvalue weighted by molar-refractivity contribution is 0.110. The Balaban J connectivity index is 1.54. The maximum atomic E-state index is 14.0. The zero-order chi connectivity index (χ0) is 18.5. The average molecular weight is 366 g/mol. The van der Waals surface area contributed by atoms with E-state index in [2.05, 4.69) is 15.5 Å². The SMILES string of the molecule is Fc1ccccc1Cn1nc(CNC[C@H]2CCCO2)c(-c2ccccc2)n1. The summed E-state index contributed by atoms with van der Waals surface area (Å²) in [5.41, 5.74) is 3.26. The fourth-order valence-electron chi connectivity index (χ4n) is 3.33. The largest absolute Gasteiger partial charge is 0.377 e. The molecule has 27 heavy (non-hydrogen) atoms. The van der Waals surface area contributed by atoms with Crippen LogP contribution >= 0.6 is 0 Å². The zero-order valence-electron chi connectivity index (χ0n) is 15.1. The maximum Gasteiger partial charge on any atom is 0.128 e. The van der Waals surface area contributed by atoms with Crippen molar-refractivity contribution in [2.75, 3.05) is 13.2 Å². The lowest BCUT2D eigenvalue weighted by atomic mass is 10.1. The molecule has 1 aliphatic rings. The molecular weight excluding hydrogens is 343 g/mol. The van der Waals surface area contributed by atoms with Gasteiger partial charge in [-0.3, -0.25) is 0 Å². The van der Waals surface area contributed by atoms with Gasteiger partial charge in [-0.05, 0) is 18.9 Å². The number of aromatic nitrogens is 3. The molecule has 140 valence electrons. The molecule has 0 saturated carbocycles. The standard InChI is InChI=1S/C21H23FN4O/c22-19-11-5-4-9-17(19)15-26-24-20(14-23-13-18-10-6-12-27-18)21(25-26)16-7-2-1-3-8-16/h1-5,7-9,11,18,23H,6,10,12-15H2/t18-/m1/s1. The Hall–Kier alpha value is -2.57. The van der Waals surface area contributed by atoms with E-state index >= 15 is 0 Å². The molecule has 1 aromatic heterocycles. The van der Waals surface area contributed by atoms with E-state index in [1.807, 2.05) is 36.4 Å². The van der Waals surface area contributed by atoms with E-state index in [1.165, 1.54) is 6.07 Å². The highest BCUT2D eigenvalue weighted by Gasteiger charge is 2.17. The Kier molecular flexibility index (Phi) is 5.55. The summed E-state index contributed by atoms with van der Waals surface area (Å²) in [5, 5.41) is 12.7. The second kappa shape index (κ2) is 8.41. The van der Waals surface area contributed by atoms with Gasteiger partial charge in [-0.2, -0.15) is 15.0 Å². The van der Waals surface area contributed by atoms with Gasteiger partial charge in [0.1, 0.15) is 17.2 Å². The molecule has 2 aromatic carbocycles. The molecule has 4 rings (SSSR count). The summed E-state index contributed by atoms with van der Waals surface area (Å²) in [7, 11) is 0. The molecule has 1 atom stereocenters. The molecule has 0 spiro atoms. The molecule has 1 fully saturated rings. The van der Waals surface area contributed by atoms with Crippen LogP contribution in [0.5, 0.6) is 0 Å². The molecule has 0 unspecified atom stereocenters. The quantitative estimate of drug-likeness (QED) is 0.696. The van der Waals surface area contributed by atoms with Crippen LogP contribution in [0.2, 0.25) is 0 Å². The molecule has 0 bridgehead atoms. The van der Waals surface area contributed by atoms with Gasteiger partial charge in [-0.25, -0.2) is 4.39 Å². The minimum Gasteiger partial charge on any atom is -0.377 e. The Morgan fingerprint density at radius 1 is 1.07 bits per heavy atom. The fraction of sp³-hybridized carbons (Fsp3) is 0.333. The highest BCUT2D eigenvalue weighted by atomic mass is 19.1. The molecule has 6 heteroatoms. The Morgan fingerprint density at radius 3 is 2.67 bits per heavy atom. The van der Waals surface area contributed by atoms with Crippen LogP contribution in [-0.2, 0) is 17.8 Å². The van der Waals surface area contributed by atoms with Gasteiger partial charge in [0.25, 0.3) is 0 Å². The Bertz CT molecular complexity index is 875. The van der Waals surface area contributed by atoms with E-state index in [4.69, 9.17) is 4.74 Å². The minimum absolute atomic E-state index is 0.242. The van der Waals surface area contributed by atoms with Gasteiger partial charge in [0.15, 0.2) is 0 Å².